The predicted octanol–water partition coefficient (Wildman–Crippen LogP) is 4.17. The first-order valence-corrected chi connectivity index (χ1v) is 10.9. The van der Waals surface area contributed by atoms with Crippen molar-refractivity contribution in [2.45, 2.75) is 19.4 Å². The number of ether oxygens (including phenoxy) is 1. The van der Waals surface area contributed by atoms with E-state index < -0.39 is 35.5 Å². The maximum absolute atomic E-state index is 14.0. The highest BCUT2D eigenvalue weighted by atomic mass is 32.1. The second kappa shape index (κ2) is 10.4. The molecule has 33 heavy (non-hydrogen) atoms. The van der Waals surface area contributed by atoms with Crippen LogP contribution in [0.3, 0.4) is 0 Å². The number of nitrogens with one attached hydrogen (secondary N) is 1. The smallest absolute Gasteiger partial charge is 0.311 e. The number of esters is 1. The van der Waals surface area contributed by atoms with Gasteiger partial charge in [-0.25, -0.2) is 13.8 Å². The first-order valence-electron chi connectivity index (χ1n) is 10.0. The van der Waals surface area contributed by atoms with Gasteiger partial charge in [-0.1, -0.05) is 24.8 Å². The number of aromatic nitrogens is 1. The van der Waals surface area contributed by atoms with E-state index in [1.165, 1.54) is 18.6 Å². The maximum Gasteiger partial charge on any atom is 0.311 e. The van der Waals surface area contributed by atoms with Gasteiger partial charge in [-0.05, 0) is 42.7 Å². The lowest BCUT2D eigenvalue weighted by Crippen LogP contribution is -2.42. The zero-order valence-electron chi connectivity index (χ0n) is 18.1. The molecule has 9 heteroatoms. The first kappa shape index (κ1) is 24.1. The van der Waals surface area contributed by atoms with Crippen molar-refractivity contribution in [3.05, 3.63) is 82.9 Å². The minimum Gasteiger partial charge on any atom is -0.469 e. The Kier molecular flexibility index (Phi) is 7.55. The summed E-state index contributed by atoms with van der Waals surface area (Å²) in [5.41, 5.74) is 7.91. The summed E-state index contributed by atoms with van der Waals surface area (Å²) in [6, 6.07) is 9.86. The highest BCUT2D eigenvalue weighted by Gasteiger charge is 2.28. The number of carbonyl (C=O) groups is 2. The largest absolute Gasteiger partial charge is 0.469 e. The van der Waals surface area contributed by atoms with Crippen LogP contribution >= 0.6 is 11.3 Å². The summed E-state index contributed by atoms with van der Waals surface area (Å²) < 4.78 is 32.1. The molecule has 0 fully saturated rings. The highest BCUT2D eigenvalue weighted by molar-refractivity contribution is 7.13. The van der Waals surface area contributed by atoms with E-state index in [4.69, 9.17) is 10.5 Å². The Bertz CT molecular complexity index is 1200. The Hall–Kier alpha value is -3.59. The molecule has 0 bridgehead atoms. The summed E-state index contributed by atoms with van der Waals surface area (Å²) in [5, 5.41) is 4.49. The fraction of sp³-hybridized carbons (Fsp3) is 0.208. The molecule has 2 aromatic carbocycles. The quantitative estimate of drug-likeness (QED) is 0.481. The molecule has 3 N–H and O–H groups in total. The molecule has 1 amide bonds. The summed E-state index contributed by atoms with van der Waals surface area (Å²) in [6.07, 6.45) is 0.304. The summed E-state index contributed by atoms with van der Waals surface area (Å²) in [6.45, 7) is 5.41. The second-order valence-electron chi connectivity index (χ2n) is 7.48. The molecule has 0 aliphatic heterocycles. The Morgan fingerprint density at radius 1 is 1.24 bits per heavy atom. The Labute approximate surface area is 194 Å². The van der Waals surface area contributed by atoms with Crippen molar-refractivity contribution in [2.75, 3.05) is 7.11 Å². The molecule has 3 aromatic rings. The van der Waals surface area contributed by atoms with Crippen molar-refractivity contribution < 1.29 is 23.1 Å². The van der Waals surface area contributed by atoms with E-state index in [0.29, 0.717) is 12.1 Å². The van der Waals surface area contributed by atoms with Gasteiger partial charge in [-0.15, -0.1) is 11.3 Å². The van der Waals surface area contributed by atoms with E-state index in [-0.39, 0.29) is 16.3 Å². The summed E-state index contributed by atoms with van der Waals surface area (Å²) in [5.74, 6) is -3.14. The van der Waals surface area contributed by atoms with Crippen LogP contribution in [0, 0.1) is 17.6 Å². The van der Waals surface area contributed by atoms with Gasteiger partial charge >= 0.3 is 5.97 Å². The van der Waals surface area contributed by atoms with Gasteiger partial charge in [0.05, 0.1) is 13.0 Å². The van der Waals surface area contributed by atoms with E-state index in [9.17, 15) is 18.4 Å². The molecule has 0 aliphatic rings. The number of rotatable bonds is 8. The zero-order valence-corrected chi connectivity index (χ0v) is 18.9. The molecule has 0 saturated carbocycles. The van der Waals surface area contributed by atoms with Crippen molar-refractivity contribution in [2.24, 2.45) is 11.7 Å². The van der Waals surface area contributed by atoms with Crippen LogP contribution in [-0.4, -0.2) is 30.0 Å². The lowest BCUT2D eigenvalue weighted by molar-refractivity contribution is -0.146. The Morgan fingerprint density at radius 3 is 2.67 bits per heavy atom. The van der Waals surface area contributed by atoms with E-state index in [2.05, 4.69) is 16.9 Å². The average molecular weight is 472 g/mol. The number of methoxy groups -OCH3 is 1. The SMILES string of the molecule is C=C(N)c1cccc(CC(C(=O)OC)C(C)NC(=O)c2csc(-c3ccc(F)cc3F)n2)c1. The molecular weight excluding hydrogens is 448 g/mol. The monoisotopic (exact) mass is 471 g/mol. The van der Waals surface area contributed by atoms with Crippen molar-refractivity contribution in [3.63, 3.8) is 0 Å². The highest BCUT2D eigenvalue weighted by Crippen LogP contribution is 2.27. The fourth-order valence-corrected chi connectivity index (χ4v) is 4.14. The first-order chi connectivity index (χ1) is 15.7. The second-order valence-corrected chi connectivity index (χ2v) is 8.34. The van der Waals surface area contributed by atoms with Crippen LogP contribution < -0.4 is 11.1 Å². The molecule has 172 valence electrons. The van der Waals surface area contributed by atoms with Crippen molar-refractivity contribution in [3.8, 4) is 10.6 Å². The third-order valence-corrected chi connectivity index (χ3v) is 5.99. The molecule has 2 unspecified atom stereocenters. The molecular formula is C24H23F2N3O3S. The third kappa shape index (κ3) is 5.81. The van der Waals surface area contributed by atoms with Gasteiger partial charge in [0.1, 0.15) is 22.3 Å². The van der Waals surface area contributed by atoms with Crippen molar-refractivity contribution in [1.82, 2.24) is 10.3 Å². The number of hydrogen-bond acceptors (Lipinski definition) is 6. The van der Waals surface area contributed by atoms with Gasteiger partial charge in [-0.3, -0.25) is 9.59 Å². The van der Waals surface area contributed by atoms with Crippen LogP contribution in [0.25, 0.3) is 16.3 Å². The lowest BCUT2D eigenvalue weighted by Gasteiger charge is -2.23. The van der Waals surface area contributed by atoms with E-state index in [1.54, 1.807) is 6.92 Å². The minimum atomic E-state index is -0.766. The molecule has 1 aromatic heterocycles. The summed E-state index contributed by atoms with van der Waals surface area (Å²) in [4.78, 5) is 29.4. The third-order valence-electron chi connectivity index (χ3n) is 5.12. The number of hydrogen-bond donors (Lipinski definition) is 2. The Balaban J connectivity index is 1.75. The zero-order chi connectivity index (χ0) is 24.1. The Morgan fingerprint density at radius 2 is 2.00 bits per heavy atom. The number of nitrogens with zero attached hydrogens (tertiary/aromatic N) is 1. The molecule has 0 radical (unpaired) electrons. The molecule has 0 aliphatic carbocycles. The van der Waals surface area contributed by atoms with E-state index in [0.717, 1.165) is 34.6 Å². The van der Waals surface area contributed by atoms with Crippen LogP contribution in [0.4, 0.5) is 8.78 Å². The van der Waals surface area contributed by atoms with E-state index >= 15 is 0 Å². The molecule has 2 atom stereocenters. The number of benzene rings is 2. The maximum atomic E-state index is 14.0. The minimum absolute atomic E-state index is 0.0654. The van der Waals surface area contributed by atoms with Crippen LogP contribution in [0.15, 0.2) is 54.4 Å². The average Bonchev–Trinajstić information content (AvgIpc) is 3.27. The molecule has 1 heterocycles. The topological polar surface area (TPSA) is 94.3 Å². The lowest BCUT2D eigenvalue weighted by atomic mass is 9.92. The summed E-state index contributed by atoms with van der Waals surface area (Å²) in [7, 11) is 1.28. The van der Waals surface area contributed by atoms with Crippen molar-refractivity contribution in [1.29, 1.82) is 0 Å². The van der Waals surface area contributed by atoms with E-state index in [1.807, 2.05) is 24.3 Å². The number of carbonyl (C=O) groups excluding carboxylic acids is 2. The normalized spacial score (nSPS) is 12.6. The number of halogens is 2. The molecule has 3 rings (SSSR count). The van der Waals surface area contributed by atoms with Gasteiger partial charge < -0.3 is 15.8 Å². The van der Waals surface area contributed by atoms with Gasteiger partial charge in [0.15, 0.2) is 0 Å². The molecule has 0 saturated heterocycles. The van der Waals surface area contributed by atoms with Crippen LogP contribution in [0.1, 0.15) is 28.5 Å². The summed E-state index contributed by atoms with van der Waals surface area (Å²) >= 11 is 1.06. The van der Waals surface area contributed by atoms with Gasteiger partial charge in [0.2, 0.25) is 0 Å². The number of thiazole rings is 1. The predicted molar refractivity (Wildman–Crippen MR) is 123 cm³/mol. The standard InChI is InChI=1S/C24H23F2N3O3S/c1-13(27)16-6-4-5-15(9-16)10-19(24(31)32-3)14(2)28-22(30)21-12-33-23(29-21)18-8-7-17(25)11-20(18)26/h4-9,11-12,14,19H,1,10,27H2,2-3H3,(H,28,30). The van der Waals surface area contributed by atoms with Gasteiger partial charge in [0, 0.05) is 28.7 Å². The van der Waals surface area contributed by atoms with Crippen LogP contribution in [0.2, 0.25) is 0 Å². The van der Waals surface area contributed by atoms with Crippen molar-refractivity contribution >= 4 is 28.9 Å². The fourth-order valence-electron chi connectivity index (χ4n) is 3.31. The van der Waals surface area contributed by atoms with Crippen LogP contribution in [-0.2, 0) is 16.0 Å². The molecule has 6 nitrogen and oxygen atoms in total. The van der Waals surface area contributed by atoms with Crippen LogP contribution in [0.5, 0.6) is 0 Å². The number of amides is 1. The number of nitrogens with two attached hydrogens (primary N) is 1. The van der Waals surface area contributed by atoms with Gasteiger partial charge in [-0.2, -0.15) is 0 Å². The molecule has 0 spiro atoms. The van der Waals surface area contributed by atoms with Gasteiger partial charge in [0.25, 0.3) is 5.91 Å².